The lowest BCUT2D eigenvalue weighted by Gasteiger charge is -2.37. The predicted molar refractivity (Wildman–Crippen MR) is 69.6 cm³/mol. The van der Waals surface area contributed by atoms with E-state index in [1.165, 1.54) is 30.4 Å². The van der Waals surface area contributed by atoms with E-state index in [1.807, 2.05) is 0 Å². The molecule has 0 amide bonds. The minimum Gasteiger partial charge on any atom is -0.327 e. The minimum atomic E-state index is 0.190. The van der Waals surface area contributed by atoms with Crippen LogP contribution in [0.2, 0.25) is 0 Å². The molecular formula is C15H23N. The van der Waals surface area contributed by atoms with Crippen molar-refractivity contribution in [1.82, 2.24) is 0 Å². The van der Waals surface area contributed by atoms with Crippen LogP contribution in [-0.2, 0) is 6.42 Å². The van der Waals surface area contributed by atoms with Crippen LogP contribution >= 0.6 is 0 Å². The quantitative estimate of drug-likeness (QED) is 0.765. The van der Waals surface area contributed by atoms with Crippen LogP contribution in [0, 0.1) is 5.41 Å². The van der Waals surface area contributed by atoms with E-state index >= 15 is 0 Å². The zero-order valence-electron chi connectivity index (χ0n) is 10.7. The smallest absolute Gasteiger partial charge is 0.0157 e. The monoisotopic (exact) mass is 217 g/mol. The third-order valence-corrected chi connectivity index (χ3v) is 3.85. The van der Waals surface area contributed by atoms with Gasteiger partial charge in [0.1, 0.15) is 0 Å². The predicted octanol–water partition coefficient (Wildman–Crippen LogP) is 3.48. The van der Waals surface area contributed by atoms with E-state index in [0.717, 1.165) is 0 Å². The van der Waals surface area contributed by atoms with Crippen molar-refractivity contribution in [3.05, 3.63) is 35.4 Å². The van der Waals surface area contributed by atoms with Gasteiger partial charge in [0.05, 0.1) is 0 Å². The molecule has 2 atom stereocenters. The van der Waals surface area contributed by atoms with Crippen molar-refractivity contribution in [2.75, 3.05) is 0 Å². The number of aryl methyl sites for hydroxylation is 1. The van der Waals surface area contributed by atoms with Gasteiger partial charge >= 0.3 is 0 Å². The van der Waals surface area contributed by atoms with Crippen LogP contribution in [0.4, 0.5) is 0 Å². The van der Waals surface area contributed by atoms with Crippen LogP contribution in [-0.4, -0.2) is 6.04 Å². The molecule has 2 unspecified atom stereocenters. The summed E-state index contributed by atoms with van der Waals surface area (Å²) in [5.74, 6) is 0.546. The minimum absolute atomic E-state index is 0.190. The van der Waals surface area contributed by atoms with Crippen molar-refractivity contribution in [3.63, 3.8) is 0 Å². The zero-order valence-corrected chi connectivity index (χ0v) is 10.7. The molecule has 1 aliphatic rings. The first-order valence-electron chi connectivity index (χ1n) is 6.33. The van der Waals surface area contributed by atoms with E-state index in [2.05, 4.69) is 45.0 Å². The maximum atomic E-state index is 6.44. The van der Waals surface area contributed by atoms with Gasteiger partial charge < -0.3 is 5.73 Å². The standard InChI is InChI=1S/C15H23N/c1-15(2,3)14(16)13-10-6-8-11-7-4-5-9-12(11)13/h4-5,7,9,13-14H,6,8,10,16H2,1-3H3. The van der Waals surface area contributed by atoms with Gasteiger partial charge in [-0.15, -0.1) is 0 Å². The molecule has 2 rings (SSSR count). The average molecular weight is 217 g/mol. The summed E-state index contributed by atoms with van der Waals surface area (Å²) in [5, 5.41) is 0. The molecule has 1 aliphatic carbocycles. The second kappa shape index (κ2) is 4.21. The molecule has 0 saturated carbocycles. The summed E-state index contributed by atoms with van der Waals surface area (Å²) in [6, 6.07) is 9.08. The van der Waals surface area contributed by atoms with E-state index in [-0.39, 0.29) is 11.5 Å². The van der Waals surface area contributed by atoms with Crippen molar-refractivity contribution < 1.29 is 0 Å². The van der Waals surface area contributed by atoms with E-state index < -0.39 is 0 Å². The van der Waals surface area contributed by atoms with Gasteiger partial charge in [0.25, 0.3) is 0 Å². The van der Waals surface area contributed by atoms with Crippen molar-refractivity contribution in [2.45, 2.75) is 52.0 Å². The molecule has 0 saturated heterocycles. The summed E-state index contributed by atoms with van der Waals surface area (Å²) < 4.78 is 0. The topological polar surface area (TPSA) is 26.0 Å². The van der Waals surface area contributed by atoms with Gasteiger partial charge in [0.15, 0.2) is 0 Å². The van der Waals surface area contributed by atoms with Crippen LogP contribution in [0.1, 0.15) is 50.7 Å². The van der Waals surface area contributed by atoms with Crippen molar-refractivity contribution in [2.24, 2.45) is 11.1 Å². The number of benzene rings is 1. The molecule has 0 heterocycles. The third kappa shape index (κ3) is 2.15. The summed E-state index contributed by atoms with van der Waals surface area (Å²) in [7, 11) is 0. The summed E-state index contributed by atoms with van der Waals surface area (Å²) in [4.78, 5) is 0. The molecule has 2 N–H and O–H groups in total. The van der Waals surface area contributed by atoms with E-state index in [4.69, 9.17) is 5.73 Å². The van der Waals surface area contributed by atoms with Gasteiger partial charge in [-0.25, -0.2) is 0 Å². The Hall–Kier alpha value is -0.820. The Kier molecular flexibility index (Phi) is 3.07. The Balaban J connectivity index is 2.32. The lowest BCUT2D eigenvalue weighted by Crippen LogP contribution is -2.41. The summed E-state index contributed by atoms with van der Waals surface area (Å²) in [5.41, 5.74) is 9.64. The van der Waals surface area contributed by atoms with Crippen LogP contribution in [0.3, 0.4) is 0 Å². The molecule has 0 spiro atoms. The van der Waals surface area contributed by atoms with Crippen molar-refractivity contribution in [3.8, 4) is 0 Å². The van der Waals surface area contributed by atoms with Crippen LogP contribution < -0.4 is 5.73 Å². The largest absolute Gasteiger partial charge is 0.327 e. The van der Waals surface area contributed by atoms with Gasteiger partial charge in [-0.3, -0.25) is 0 Å². The summed E-state index contributed by atoms with van der Waals surface area (Å²) >= 11 is 0. The first kappa shape index (κ1) is 11.7. The molecule has 1 heteroatoms. The van der Waals surface area contributed by atoms with Crippen molar-refractivity contribution >= 4 is 0 Å². The number of fused-ring (bicyclic) bond motifs is 1. The highest BCUT2D eigenvalue weighted by atomic mass is 14.7. The second-order valence-electron chi connectivity index (χ2n) is 6.09. The molecule has 88 valence electrons. The first-order valence-corrected chi connectivity index (χ1v) is 6.33. The summed E-state index contributed by atoms with van der Waals surface area (Å²) in [6.45, 7) is 6.73. The first-order chi connectivity index (χ1) is 7.50. The fourth-order valence-electron chi connectivity index (χ4n) is 2.77. The van der Waals surface area contributed by atoms with Gasteiger partial charge in [0.2, 0.25) is 0 Å². The maximum absolute atomic E-state index is 6.44. The van der Waals surface area contributed by atoms with E-state index in [1.54, 1.807) is 0 Å². The SMILES string of the molecule is CC(C)(C)C(N)C1CCCc2ccccc21. The molecule has 1 nitrogen and oxygen atoms in total. The molecule has 0 bridgehead atoms. The molecule has 0 radical (unpaired) electrons. The lowest BCUT2D eigenvalue weighted by atomic mass is 9.71. The van der Waals surface area contributed by atoms with Gasteiger partial charge in [-0.05, 0) is 41.7 Å². The number of hydrogen-bond acceptors (Lipinski definition) is 1. The Morgan fingerprint density at radius 3 is 2.62 bits per heavy atom. The summed E-state index contributed by atoms with van der Waals surface area (Å²) in [6.07, 6.45) is 3.75. The van der Waals surface area contributed by atoms with E-state index in [9.17, 15) is 0 Å². The Labute approximate surface area is 99.0 Å². The van der Waals surface area contributed by atoms with Crippen LogP contribution in [0.25, 0.3) is 0 Å². The van der Waals surface area contributed by atoms with Gasteiger partial charge in [0, 0.05) is 6.04 Å². The van der Waals surface area contributed by atoms with Crippen LogP contribution in [0.5, 0.6) is 0 Å². The fraction of sp³-hybridized carbons (Fsp3) is 0.600. The fourth-order valence-corrected chi connectivity index (χ4v) is 2.77. The average Bonchev–Trinajstić information content (AvgIpc) is 2.26. The van der Waals surface area contributed by atoms with E-state index in [0.29, 0.717) is 5.92 Å². The number of nitrogens with two attached hydrogens (primary N) is 1. The maximum Gasteiger partial charge on any atom is 0.0157 e. The second-order valence-corrected chi connectivity index (χ2v) is 6.09. The van der Waals surface area contributed by atoms with Crippen LogP contribution in [0.15, 0.2) is 24.3 Å². The molecule has 0 aromatic heterocycles. The normalized spacial score (nSPS) is 22.6. The highest BCUT2D eigenvalue weighted by Crippen LogP contribution is 2.38. The molecular weight excluding hydrogens is 194 g/mol. The Bertz CT molecular complexity index is 362. The molecule has 0 fully saturated rings. The zero-order chi connectivity index (χ0) is 11.8. The Morgan fingerprint density at radius 1 is 1.25 bits per heavy atom. The lowest BCUT2D eigenvalue weighted by molar-refractivity contribution is 0.265. The third-order valence-electron chi connectivity index (χ3n) is 3.85. The number of rotatable bonds is 1. The highest BCUT2D eigenvalue weighted by Gasteiger charge is 2.32. The molecule has 1 aromatic rings. The number of hydrogen-bond donors (Lipinski definition) is 1. The molecule has 0 aliphatic heterocycles. The van der Waals surface area contributed by atoms with Gasteiger partial charge in [-0.1, -0.05) is 45.0 Å². The molecule has 1 aromatic carbocycles. The molecule has 16 heavy (non-hydrogen) atoms. The Morgan fingerprint density at radius 2 is 1.94 bits per heavy atom. The van der Waals surface area contributed by atoms with Crippen molar-refractivity contribution in [1.29, 1.82) is 0 Å². The highest BCUT2D eigenvalue weighted by molar-refractivity contribution is 5.34. The van der Waals surface area contributed by atoms with Gasteiger partial charge in [-0.2, -0.15) is 0 Å².